The number of ether oxygens (including phenoxy) is 1. The summed E-state index contributed by atoms with van der Waals surface area (Å²) in [6, 6.07) is 2.80. The van der Waals surface area contributed by atoms with Crippen LogP contribution in [0.5, 0.6) is 0 Å². The van der Waals surface area contributed by atoms with E-state index in [1.54, 1.807) is 0 Å². The van der Waals surface area contributed by atoms with E-state index in [-0.39, 0.29) is 5.52 Å². The van der Waals surface area contributed by atoms with Gasteiger partial charge in [-0.3, -0.25) is 0 Å². The van der Waals surface area contributed by atoms with E-state index in [2.05, 4.69) is 4.98 Å². The van der Waals surface area contributed by atoms with Crippen LogP contribution in [0.2, 0.25) is 5.02 Å². The van der Waals surface area contributed by atoms with Gasteiger partial charge in [0.25, 0.3) is 0 Å². The Balaban J connectivity index is 2.44. The molecule has 1 aliphatic rings. The minimum absolute atomic E-state index is 0.246. The molecule has 5 heteroatoms. The van der Waals surface area contributed by atoms with Crippen molar-refractivity contribution in [2.45, 2.75) is 13.0 Å². The molecule has 1 aromatic carbocycles. The number of nitrogens with zero attached hydrogens (tertiary/aromatic N) is 1. The van der Waals surface area contributed by atoms with Crippen molar-refractivity contribution in [2.24, 2.45) is 0 Å². The molecule has 0 saturated carbocycles. The van der Waals surface area contributed by atoms with Gasteiger partial charge in [0.2, 0.25) is 0 Å². The smallest absolute Gasteiger partial charge is 0.149 e. The summed E-state index contributed by atoms with van der Waals surface area (Å²) in [7, 11) is 0. The summed E-state index contributed by atoms with van der Waals surface area (Å²) in [4.78, 5) is 4.32. The number of halogens is 2. The third-order valence-electron chi connectivity index (χ3n) is 3.00. The third-order valence-corrected chi connectivity index (χ3v) is 3.31. The molecule has 0 radical (unpaired) electrons. The van der Waals surface area contributed by atoms with Crippen LogP contribution in [0, 0.1) is 5.82 Å². The maximum atomic E-state index is 13.7. The van der Waals surface area contributed by atoms with Crippen molar-refractivity contribution in [1.29, 1.82) is 0 Å². The second-order valence-corrected chi connectivity index (χ2v) is 4.41. The Morgan fingerprint density at radius 3 is 3.06 bits per heavy atom. The lowest BCUT2D eigenvalue weighted by molar-refractivity contribution is 0.110. The summed E-state index contributed by atoms with van der Waals surface area (Å²) in [5, 5.41) is 0.899. The molecule has 0 fully saturated rings. The van der Waals surface area contributed by atoms with E-state index in [1.165, 1.54) is 12.1 Å². The normalized spacial score (nSPS) is 14.9. The van der Waals surface area contributed by atoms with Gasteiger partial charge in [-0.2, -0.15) is 0 Å². The maximum Gasteiger partial charge on any atom is 0.149 e. The zero-order valence-corrected chi connectivity index (χ0v) is 9.72. The van der Waals surface area contributed by atoms with Crippen molar-refractivity contribution in [3.8, 4) is 0 Å². The van der Waals surface area contributed by atoms with Crippen LogP contribution in [0.25, 0.3) is 10.9 Å². The summed E-state index contributed by atoms with van der Waals surface area (Å²) < 4.78 is 19.0. The summed E-state index contributed by atoms with van der Waals surface area (Å²) in [5.74, 6) is -0.398. The van der Waals surface area contributed by atoms with E-state index in [0.29, 0.717) is 35.7 Å². The second kappa shape index (κ2) is 3.82. The molecule has 3 rings (SSSR count). The van der Waals surface area contributed by atoms with E-state index in [4.69, 9.17) is 22.1 Å². The fourth-order valence-electron chi connectivity index (χ4n) is 2.13. The Labute approximate surface area is 102 Å². The molecule has 88 valence electrons. The zero-order chi connectivity index (χ0) is 12.0. The van der Waals surface area contributed by atoms with E-state index in [0.717, 1.165) is 11.3 Å². The number of pyridine rings is 1. The molecule has 0 bridgehead atoms. The molecular formula is C12H10ClFN2O. The van der Waals surface area contributed by atoms with Gasteiger partial charge >= 0.3 is 0 Å². The minimum atomic E-state index is -0.398. The van der Waals surface area contributed by atoms with E-state index < -0.39 is 5.82 Å². The number of nitrogens with two attached hydrogens (primary N) is 1. The van der Waals surface area contributed by atoms with Crippen molar-refractivity contribution >= 4 is 28.2 Å². The number of aromatic nitrogens is 1. The molecule has 0 unspecified atom stereocenters. The molecule has 2 heterocycles. The highest BCUT2D eigenvalue weighted by molar-refractivity contribution is 6.36. The molecule has 0 aliphatic carbocycles. The standard InChI is InChI=1S/C12H10ClFN2O/c13-7-1-2-8(14)12-10(7)11(15)6-5-17-4-3-9(6)16-12/h1-2H,3-5H2,(H2,15,16). The van der Waals surface area contributed by atoms with E-state index in [9.17, 15) is 4.39 Å². The van der Waals surface area contributed by atoms with Gasteiger partial charge in [-0.25, -0.2) is 9.37 Å². The Morgan fingerprint density at radius 2 is 2.24 bits per heavy atom. The van der Waals surface area contributed by atoms with Gasteiger partial charge in [-0.05, 0) is 12.1 Å². The SMILES string of the molecule is Nc1c2c(nc3c(F)ccc(Cl)c13)CCOC2. The van der Waals surface area contributed by atoms with E-state index in [1.807, 2.05) is 0 Å². The highest BCUT2D eigenvalue weighted by Gasteiger charge is 2.19. The van der Waals surface area contributed by atoms with Crippen LogP contribution in [0.1, 0.15) is 11.3 Å². The van der Waals surface area contributed by atoms with Gasteiger partial charge in [0, 0.05) is 23.1 Å². The van der Waals surface area contributed by atoms with Crippen molar-refractivity contribution in [3.05, 3.63) is 34.2 Å². The first-order valence-electron chi connectivity index (χ1n) is 5.31. The molecule has 0 amide bonds. The topological polar surface area (TPSA) is 48.1 Å². The van der Waals surface area contributed by atoms with Crippen LogP contribution < -0.4 is 5.73 Å². The molecule has 3 nitrogen and oxygen atoms in total. The number of rotatable bonds is 0. The van der Waals surface area contributed by atoms with Crippen LogP contribution in [0.15, 0.2) is 12.1 Å². The fraction of sp³-hybridized carbons (Fsp3) is 0.250. The largest absolute Gasteiger partial charge is 0.398 e. The van der Waals surface area contributed by atoms with Gasteiger partial charge in [0.05, 0.1) is 23.9 Å². The number of hydrogen-bond acceptors (Lipinski definition) is 3. The van der Waals surface area contributed by atoms with Gasteiger partial charge in [0.15, 0.2) is 0 Å². The second-order valence-electron chi connectivity index (χ2n) is 4.01. The molecule has 0 saturated heterocycles. The average molecular weight is 253 g/mol. The monoisotopic (exact) mass is 252 g/mol. The molecule has 1 aromatic heterocycles. The third kappa shape index (κ3) is 1.56. The molecule has 0 spiro atoms. The lowest BCUT2D eigenvalue weighted by atomic mass is 10.0. The Morgan fingerprint density at radius 1 is 1.41 bits per heavy atom. The van der Waals surface area contributed by atoms with Crippen molar-refractivity contribution in [1.82, 2.24) is 4.98 Å². The summed E-state index contributed by atoms with van der Waals surface area (Å²) >= 11 is 6.05. The predicted molar refractivity (Wildman–Crippen MR) is 64.5 cm³/mol. The fourth-order valence-corrected chi connectivity index (χ4v) is 2.38. The first kappa shape index (κ1) is 10.7. The van der Waals surface area contributed by atoms with Crippen molar-refractivity contribution in [2.75, 3.05) is 12.3 Å². The highest BCUT2D eigenvalue weighted by atomic mass is 35.5. The maximum absolute atomic E-state index is 13.7. The summed E-state index contributed by atoms with van der Waals surface area (Å²) in [6.07, 6.45) is 0.654. The first-order chi connectivity index (χ1) is 8.18. The minimum Gasteiger partial charge on any atom is -0.398 e. The molecule has 0 atom stereocenters. The number of benzene rings is 1. The summed E-state index contributed by atoms with van der Waals surface area (Å²) in [6.45, 7) is 1.00. The van der Waals surface area contributed by atoms with Gasteiger partial charge in [0.1, 0.15) is 11.3 Å². The first-order valence-corrected chi connectivity index (χ1v) is 5.69. The number of nitrogen functional groups attached to an aromatic ring is 1. The lowest BCUT2D eigenvalue weighted by Crippen LogP contribution is -2.14. The number of hydrogen-bond donors (Lipinski definition) is 1. The Kier molecular flexibility index (Phi) is 2.42. The Bertz CT molecular complexity index is 615. The van der Waals surface area contributed by atoms with Crippen LogP contribution in [0.3, 0.4) is 0 Å². The molecule has 17 heavy (non-hydrogen) atoms. The average Bonchev–Trinajstić information content (AvgIpc) is 2.34. The Hall–Kier alpha value is -1.39. The van der Waals surface area contributed by atoms with Crippen LogP contribution in [-0.4, -0.2) is 11.6 Å². The van der Waals surface area contributed by atoms with Crippen molar-refractivity contribution < 1.29 is 9.13 Å². The number of fused-ring (bicyclic) bond motifs is 2. The molecule has 1 aliphatic heterocycles. The predicted octanol–water partition coefficient (Wildman–Crippen LogP) is 2.68. The molecule has 2 aromatic rings. The zero-order valence-electron chi connectivity index (χ0n) is 8.96. The number of anilines is 1. The van der Waals surface area contributed by atoms with Gasteiger partial charge in [-0.15, -0.1) is 0 Å². The van der Waals surface area contributed by atoms with E-state index >= 15 is 0 Å². The van der Waals surface area contributed by atoms with Crippen LogP contribution in [-0.2, 0) is 17.8 Å². The van der Waals surface area contributed by atoms with Crippen molar-refractivity contribution in [3.63, 3.8) is 0 Å². The summed E-state index contributed by atoms with van der Waals surface area (Å²) in [5.41, 5.74) is 8.40. The highest BCUT2D eigenvalue weighted by Crippen LogP contribution is 2.34. The van der Waals surface area contributed by atoms with Crippen LogP contribution in [0.4, 0.5) is 10.1 Å². The van der Waals surface area contributed by atoms with Gasteiger partial charge < -0.3 is 10.5 Å². The molecular weight excluding hydrogens is 243 g/mol. The van der Waals surface area contributed by atoms with Gasteiger partial charge in [-0.1, -0.05) is 11.6 Å². The van der Waals surface area contributed by atoms with Crippen LogP contribution >= 0.6 is 11.6 Å². The lowest BCUT2D eigenvalue weighted by Gasteiger charge is -2.19. The quantitative estimate of drug-likeness (QED) is 0.784. The molecule has 2 N–H and O–H groups in total.